The number of likely N-dealkylation sites (N-methyl/N-ethyl adjacent to an activating group) is 1. The van der Waals surface area contributed by atoms with Crippen LogP contribution in [0.1, 0.15) is 56.1 Å². The molecule has 1 saturated heterocycles. The number of hydrogen-bond donors (Lipinski definition) is 1. The highest BCUT2D eigenvalue weighted by Crippen LogP contribution is 2.33. The van der Waals surface area contributed by atoms with Crippen LogP contribution in [-0.2, 0) is 0 Å². The Labute approximate surface area is 225 Å². The van der Waals surface area contributed by atoms with E-state index in [2.05, 4.69) is 78.6 Å². The molecule has 2 aliphatic heterocycles. The first kappa shape index (κ1) is 26.1. The Kier molecular flexibility index (Phi) is 7.34. The molecule has 0 unspecified atom stereocenters. The summed E-state index contributed by atoms with van der Waals surface area (Å²) in [6, 6.07) is 4.43. The number of nitrogens with zero attached hydrogens (tertiary/aromatic N) is 6. The number of aliphatic imine (C=N–C) groups is 1. The van der Waals surface area contributed by atoms with Gasteiger partial charge < -0.3 is 19.7 Å². The van der Waals surface area contributed by atoms with Crippen molar-refractivity contribution in [1.29, 1.82) is 0 Å². The molecular weight excluding hydrogens is 474 g/mol. The quantitative estimate of drug-likeness (QED) is 0.486. The lowest BCUT2D eigenvalue weighted by atomic mass is 9.98. The molecule has 0 aliphatic carbocycles. The summed E-state index contributed by atoms with van der Waals surface area (Å²) >= 11 is 0. The van der Waals surface area contributed by atoms with Crippen LogP contribution in [0.25, 0.3) is 22.0 Å². The van der Waals surface area contributed by atoms with Crippen molar-refractivity contribution in [3.05, 3.63) is 53.0 Å². The van der Waals surface area contributed by atoms with Gasteiger partial charge in [-0.15, -0.1) is 0 Å². The zero-order valence-corrected chi connectivity index (χ0v) is 23.5. The molecule has 8 heteroatoms. The van der Waals surface area contributed by atoms with Crippen molar-refractivity contribution in [2.75, 3.05) is 51.2 Å². The Morgan fingerprint density at radius 1 is 1.03 bits per heavy atom. The Morgan fingerprint density at radius 3 is 2.39 bits per heavy atom. The molecule has 8 nitrogen and oxygen atoms in total. The molecule has 4 heterocycles. The van der Waals surface area contributed by atoms with E-state index < -0.39 is 0 Å². The molecule has 1 aromatic carbocycles. The maximum absolute atomic E-state index is 13.7. The summed E-state index contributed by atoms with van der Waals surface area (Å²) in [6.07, 6.45) is 6.80. The minimum atomic E-state index is -0.0667. The lowest BCUT2D eigenvalue weighted by molar-refractivity contribution is 0.0958. The molecule has 5 rings (SSSR count). The molecule has 0 saturated carbocycles. The van der Waals surface area contributed by atoms with Gasteiger partial charge in [0.1, 0.15) is 0 Å². The first-order valence-corrected chi connectivity index (χ1v) is 13.6. The van der Waals surface area contributed by atoms with Gasteiger partial charge in [0.2, 0.25) is 5.95 Å². The standard InChI is InChI=1S/C30H39N7O/c1-19(2)37-18-21(4)28-26(29(38)32-15-24-14-31-22(5)11-20(24)3)12-23(13-27(28)37)25-16-33-30(34-17-25)36-9-7-35(6)8-10-36/h12-13,16-19H,7-11,14-15H2,1-6H3,(H,32,38). The molecule has 1 fully saturated rings. The van der Waals surface area contributed by atoms with Gasteiger partial charge in [-0.05, 0) is 70.5 Å². The number of nitrogens with one attached hydrogen (secondary N) is 1. The van der Waals surface area contributed by atoms with Crippen LogP contribution in [0.5, 0.6) is 0 Å². The van der Waals surface area contributed by atoms with E-state index in [1.807, 2.05) is 18.5 Å². The third-order valence-electron chi connectivity index (χ3n) is 7.81. The summed E-state index contributed by atoms with van der Waals surface area (Å²) in [7, 11) is 2.14. The third kappa shape index (κ3) is 5.23. The van der Waals surface area contributed by atoms with Crippen LogP contribution in [0.15, 0.2) is 46.9 Å². The average molecular weight is 514 g/mol. The van der Waals surface area contributed by atoms with E-state index in [1.165, 1.54) is 11.1 Å². The minimum Gasteiger partial charge on any atom is -0.348 e. The fourth-order valence-corrected chi connectivity index (χ4v) is 5.42. The lowest BCUT2D eigenvalue weighted by Gasteiger charge is -2.32. The molecule has 3 aromatic rings. The Hall–Kier alpha value is -3.52. The second-order valence-electron chi connectivity index (χ2n) is 11.1. The molecule has 200 valence electrons. The highest BCUT2D eigenvalue weighted by atomic mass is 16.1. The molecular formula is C30H39N7O. The molecule has 0 atom stereocenters. The van der Waals surface area contributed by atoms with E-state index >= 15 is 0 Å². The second-order valence-corrected chi connectivity index (χ2v) is 11.1. The smallest absolute Gasteiger partial charge is 0.252 e. The molecule has 1 N–H and O–H groups in total. The summed E-state index contributed by atoms with van der Waals surface area (Å²) < 4.78 is 2.25. The summed E-state index contributed by atoms with van der Waals surface area (Å²) in [6.45, 7) is 15.6. The topological polar surface area (TPSA) is 78.7 Å². The minimum absolute atomic E-state index is 0.0667. The number of amides is 1. The average Bonchev–Trinajstić information content (AvgIpc) is 3.25. The van der Waals surface area contributed by atoms with E-state index in [9.17, 15) is 4.79 Å². The van der Waals surface area contributed by atoms with E-state index in [1.54, 1.807) is 0 Å². The van der Waals surface area contributed by atoms with Gasteiger partial charge in [-0.25, -0.2) is 9.97 Å². The number of carbonyl (C=O) groups excluding carboxylic acids is 1. The van der Waals surface area contributed by atoms with Gasteiger partial charge in [0.05, 0.1) is 6.54 Å². The van der Waals surface area contributed by atoms with Crippen molar-refractivity contribution in [3.8, 4) is 11.1 Å². The van der Waals surface area contributed by atoms with Crippen LogP contribution in [0, 0.1) is 6.92 Å². The molecule has 0 spiro atoms. The van der Waals surface area contributed by atoms with E-state index in [0.717, 1.165) is 71.9 Å². The fourth-order valence-electron chi connectivity index (χ4n) is 5.42. The molecule has 2 aliphatic rings. The Bertz CT molecular complexity index is 1410. The first-order chi connectivity index (χ1) is 18.2. The molecule has 0 radical (unpaired) electrons. The van der Waals surface area contributed by atoms with Gasteiger partial charge in [0, 0.05) is 91.5 Å². The number of dihydropyridines is 1. The number of rotatable bonds is 6. The fraction of sp³-hybridized carbons (Fsp3) is 0.467. The predicted octanol–water partition coefficient (Wildman–Crippen LogP) is 4.65. The van der Waals surface area contributed by atoms with Gasteiger partial charge in [0.15, 0.2) is 0 Å². The van der Waals surface area contributed by atoms with Crippen molar-refractivity contribution in [2.45, 2.75) is 47.1 Å². The number of allylic oxidation sites excluding steroid dienone is 1. The molecule has 2 aromatic heterocycles. The van der Waals surface area contributed by atoms with Crippen molar-refractivity contribution >= 4 is 28.5 Å². The van der Waals surface area contributed by atoms with Crippen LogP contribution in [0.4, 0.5) is 5.95 Å². The SMILES string of the molecule is CC1=NCC(CNC(=O)c2cc(-c3cnc(N4CCN(C)CC4)nc3)cc3c2c(C)cn3C(C)C)=C(C)C1. The number of piperazine rings is 1. The van der Waals surface area contributed by atoms with Gasteiger partial charge in [-0.3, -0.25) is 9.79 Å². The maximum atomic E-state index is 13.7. The van der Waals surface area contributed by atoms with E-state index in [-0.39, 0.29) is 11.9 Å². The van der Waals surface area contributed by atoms with Crippen LogP contribution < -0.4 is 10.2 Å². The van der Waals surface area contributed by atoms with Crippen LogP contribution in [0.2, 0.25) is 0 Å². The van der Waals surface area contributed by atoms with Crippen LogP contribution in [-0.4, -0.2) is 77.4 Å². The summed E-state index contributed by atoms with van der Waals surface area (Å²) in [4.78, 5) is 32.2. The number of fused-ring (bicyclic) bond motifs is 1. The van der Waals surface area contributed by atoms with Crippen LogP contribution in [0.3, 0.4) is 0 Å². The number of aromatic nitrogens is 3. The van der Waals surface area contributed by atoms with Gasteiger partial charge >= 0.3 is 0 Å². The number of anilines is 1. The maximum Gasteiger partial charge on any atom is 0.252 e. The number of aryl methyl sites for hydroxylation is 1. The zero-order valence-electron chi connectivity index (χ0n) is 23.5. The predicted molar refractivity (Wildman–Crippen MR) is 155 cm³/mol. The highest BCUT2D eigenvalue weighted by Gasteiger charge is 2.21. The van der Waals surface area contributed by atoms with Gasteiger partial charge in [0.25, 0.3) is 5.91 Å². The van der Waals surface area contributed by atoms with Gasteiger partial charge in [-0.1, -0.05) is 5.57 Å². The number of carbonyl (C=O) groups is 1. The van der Waals surface area contributed by atoms with Crippen molar-refractivity contribution in [3.63, 3.8) is 0 Å². The summed E-state index contributed by atoms with van der Waals surface area (Å²) in [5.74, 6) is 0.694. The molecule has 0 bridgehead atoms. The van der Waals surface area contributed by atoms with Crippen molar-refractivity contribution < 1.29 is 4.79 Å². The van der Waals surface area contributed by atoms with E-state index in [4.69, 9.17) is 9.97 Å². The highest BCUT2D eigenvalue weighted by molar-refractivity contribution is 6.09. The second kappa shape index (κ2) is 10.7. The van der Waals surface area contributed by atoms with Gasteiger partial charge in [-0.2, -0.15) is 0 Å². The normalized spacial score (nSPS) is 16.9. The first-order valence-electron chi connectivity index (χ1n) is 13.6. The van der Waals surface area contributed by atoms with E-state index in [0.29, 0.717) is 18.7 Å². The summed E-state index contributed by atoms with van der Waals surface area (Å²) in [5.41, 5.74) is 8.34. The Morgan fingerprint density at radius 2 is 1.74 bits per heavy atom. The van der Waals surface area contributed by atoms with Crippen LogP contribution >= 0.6 is 0 Å². The largest absolute Gasteiger partial charge is 0.348 e. The molecule has 1 amide bonds. The monoisotopic (exact) mass is 513 g/mol. The van der Waals surface area contributed by atoms with Crippen molar-refractivity contribution in [1.82, 2.24) is 24.8 Å². The van der Waals surface area contributed by atoms with Crippen molar-refractivity contribution in [2.24, 2.45) is 4.99 Å². The summed E-state index contributed by atoms with van der Waals surface area (Å²) in [5, 5.41) is 4.19. The molecule has 38 heavy (non-hydrogen) atoms. The Balaban J connectivity index is 1.48. The number of benzene rings is 1. The zero-order chi connectivity index (χ0) is 27.0. The third-order valence-corrected chi connectivity index (χ3v) is 7.81. The number of hydrogen-bond acceptors (Lipinski definition) is 6. The lowest BCUT2D eigenvalue weighted by Crippen LogP contribution is -2.45.